The highest BCUT2D eigenvalue weighted by molar-refractivity contribution is 6.84. The number of nitrogens with zero attached hydrogens (tertiary/aromatic N) is 2. The zero-order valence-corrected chi connectivity index (χ0v) is 77.8. The minimum atomic E-state index is -2.08. The molecule has 10 aromatic carbocycles. The van der Waals surface area contributed by atoms with Gasteiger partial charge in [0.05, 0.1) is 82.1 Å². The molecule has 0 atom stereocenters. The molecule has 0 heterocycles. The van der Waals surface area contributed by atoms with Gasteiger partial charge in [-0.25, -0.2) is 38.4 Å². The van der Waals surface area contributed by atoms with Crippen LogP contribution in [0, 0.1) is 22.7 Å². The molecule has 0 aliphatic carbocycles. The number of carbonyl (C=O) groups excluding carboxylic acids is 8. The maximum Gasteiger partial charge on any atom is 0.343 e. The highest BCUT2D eigenvalue weighted by Gasteiger charge is 2.33. The second kappa shape index (κ2) is 52.3. The Hall–Kier alpha value is -13.5. The highest BCUT2D eigenvalue weighted by atomic mass is 28.4. The molecule has 0 spiro atoms. The normalized spacial score (nSPS) is 11.1. The standard InChI is InChI=1S/C106H116N2O21Si2/c1-8-11-14-24-65-117-87-48-35-78(36-49-87)100(110)121-90-54-41-81(42-55-90)104(114)127-97-72-94(58-45-85(97)74-107)125-102(112)77-33-31-76(32-34-77)99(109)123-93-62-60-89(61-63-93)119-67-27-22-20-18-17-19-21-23-28-69-130(4,5)129-131(6,7)70-29-30-83-71-84(47-64-96(83)120-68-26-16-13-10-3)106(116)124-92-52-39-80(40-53-92)103(113)126-95-59-46-86(75-108)98(73-95)128-105(115)82-43-56-91(57-44-82)122-101(111)79-37-50-88(51-38-79)118-66-25-15-12-9-2/h31-64,71-73H,8-30,65-70H2,1-7H3. The van der Waals surface area contributed by atoms with Gasteiger partial charge in [0.1, 0.15) is 69.6 Å². The quantitative estimate of drug-likeness (QED) is 0.0148. The summed E-state index contributed by atoms with van der Waals surface area (Å²) in [6.07, 6.45) is 24.6. The van der Waals surface area contributed by atoms with Gasteiger partial charge in [-0.05, 0) is 295 Å². The molecule has 131 heavy (non-hydrogen) atoms. The fourth-order valence-electron chi connectivity index (χ4n) is 14.3. The van der Waals surface area contributed by atoms with Crippen LogP contribution in [0.25, 0.3) is 0 Å². The summed E-state index contributed by atoms with van der Waals surface area (Å²) in [6, 6.07) is 62.6. The molecule has 0 fully saturated rings. The largest absolute Gasteiger partial charge is 0.494 e. The lowest BCUT2D eigenvalue weighted by Crippen LogP contribution is -2.44. The molecule has 0 aliphatic rings. The van der Waals surface area contributed by atoms with Gasteiger partial charge in [-0.3, -0.25) is 0 Å². The Bertz CT molecular complexity index is 5490. The van der Waals surface area contributed by atoms with Crippen LogP contribution in [-0.4, -0.2) is 90.8 Å². The first kappa shape index (κ1) is 99.7. The Morgan fingerprint density at radius 2 is 0.489 bits per heavy atom. The van der Waals surface area contributed by atoms with E-state index in [1.165, 1.54) is 166 Å². The lowest BCUT2D eigenvalue weighted by molar-refractivity contribution is 0.0711. The number of aryl methyl sites for hydroxylation is 1. The van der Waals surface area contributed by atoms with Crippen molar-refractivity contribution in [3.05, 3.63) is 286 Å². The molecule has 10 rings (SSSR count). The Labute approximate surface area is 769 Å². The van der Waals surface area contributed by atoms with E-state index in [4.69, 9.17) is 61.0 Å². The molecule has 0 radical (unpaired) electrons. The van der Waals surface area contributed by atoms with Gasteiger partial charge in [0.25, 0.3) is 0 Å². The van der Waals surface area contributed by atoms with Crippen LogP contribution >= 0.6 is 0 Å². The molecular weight excluding hydrogens is 1690 g/mol. The van der Waals surface area contributed by atoms with Gasteiger partial charge in [-0.1, -0.05) is 130 Å². The zero-order valence-electron chi connectivity index (χ0n) is 75.8. The van der Waals surface area contributed by atoms with E-state index in [2.05, 4.69) is 47.0 Å². The molecule has 0 saturated carbocycles. The van der Waals surface area contributed by atoms with E-state index in [-0.39, 0.29) is 79.2 Å². The third-order valence-electron chi connectivity index (χ3n) is 21.5. The molecule has 0 unspecified atom stereocenters. The van der Waals surface area contributed by atoms with Gasteiger partial charge in [0, 0.05) is 12.1 Å². The van der Waals surface area contributed by atoms with E-state index in [0.717, 1.165) is 133 Å². The summed E-state index contributed by atoms with van der Waals surface area (Å²) in [5.41, 5.74) is 2.58. The van der Waals surface area contributed by atoms with Crippen molar-refractivity contribution in [2.45, 2.75) is 207 Å². The predicted octanol–water partition coefficient (Wildman–Crippen LogP) is 25.0. The monoisotopic (exact) mass is 1810 g/mol. The Kier molecular flexibility index (Phi) is 39.8. The van der Waals surface area contributed by atoms with Crippen LogP contribution in [0.3, 0.4) is 0 Å². The van der Waals surface area contributed by atoms with Crippen molar-refractivity contribution in [2.75, 3.05) is 26.4 Å². The SMILES string of the molecule is CCCCCCOc1ccc(C(=O)Oc2ccc(C(=O)Oc3cc(OC(=O)c4ccc(OC(=O)c5ccc(OCCCCCC)c(CCC[Si](C)(C)O[Si](C)(C)CCCCCCCCCCCOc6ccc(OC(=O)c7ccc(C(=O)Oc8ccc(C#N)c(OC(=O)c9ccc(OC(=O)c%10ccc(OCCCCCC)cc%10)cc9)c8)cc7)cc6)c5)cc4)ccc3C#N)cc2)cc1. The summed E-state index contributed by atoms with van der Waals surface area (Å²) in [6.45, 7) is 18.1. The second-order valence-electron chi connectivity index (χ2n) is 33.1. The minimum Gasteiger partial charge on any atom is -0.494 e. The molecule has 0 N–H and O–H groups in total. The zero-order chi connectivity index (χ0) is 93.2. The van der Waals surface area contributed by atoms with E-state index in [1.807, 2.05) is 24.3 Å². The summed E-state index contributed by atoms with van der Waals surface area (Å²) in [4.78, 5) is 106. The molecule has 0 saturated heterocycles. The number of rotatable bonds is 53. The van der Waals surface area contributed by atoms with Gasteiger partial charge in [-0.15, -0.1) is 0 Å². The number of hydrogen-bond donors (Lipinski definition) is 0. The van der Waals surface area contributed by atoms with Crippen LogP contribution in [0.4, 0.5) is 0 Å². The summed E-state index contributed by atoms with van der Waals surface area (Å²) in [7, 11) is -4.04. The van der Waals surface area contributed by atoms with Crippen molar-refractivity contribution >= 4 is 64.4 Å². The number of unbranched alkanes of at least 4 members (excludes halogenated alkanes) is 17. The predicted molar refractivity (Wildman–Crippen MR) is 503 cm³/mol. The average Bonchev–Trinajstić information content (AvgIpc) is 0.831. The molecule has 0 amide bonds. The maximum atomic E-state index is 13.8. The lowest BCUT2D eigenvalue weighted by Gasteiger charge is -2.34. The number of nitriles is 2. The van der Waals surface area contributed by atoms with Gasteiger partial charge in [0.15, 0.2) is 28.1 Å². The van der Waals surface area contributed by atoms with Gasteiger partial charge < -0.3 is 61.0 Å². The molecule has 0 aromatic heterocycles. The van der Waals surface area contributed by atoms with E-state index in [0.29, 0.717) is 72.5 Å². The summed E-state index contributed by atoms with van der Waals surface area (Å²) >= 11 is 0. The number of ether oxygens (including phenoxy) is 12. The van der Waals surface area contributed by atoms with Crippen molar-refractivity contribution in [1.82, 2.24) is 0 Å². The second-order valence-corrected chi connectivity index (χ2v) is 42.0. The van der Waals surface area contributed by atoms with E-state index in [9.17, 15) is 48.9 Å². The van der Waals surface area contributed by atoms with Crippen molar-refractivity contribution in [2.24, 2.45) is 0 Å². The van der Waals surface area contributed by atoms with Gasteiger partial charge in [0.2, 0.25) is 0 Å². The molecule has 23 nitrogen and oxygen atoms in total. The number of benzene rings is 10. The third-order valence-corrected chi connectivity index (χ3v) is 29.0. The number of carbonyl (C=O) groups is 8. The summed E-state index contributed by atoms with van der Waals surface area (Å²) < 4.78 is 75.8. The summed E-state index contributed by atoms with van der Waals surface area (Å²) in [5, 5.41) is 19.7. The first-order valence-corrected chi connectivity index (χ1v) is 51.6. The molecular formula is C106H116N2O21Si2. The Morgan fingerprint density at radius 1 is 0.244 bits per heavy atom. The number of esters is 8. The van der Waals surface area contributed by atoms with Crippen molar-refractivity contribution in [3.8, 4) is 81.1 Å². The van der Waals surface area contributed by atoms with Crippen LogP contribution in [0.1, 0.15) is 262 Å². The van der Waals surface area contributed by atoms with Crippen LogP contribution in [0.15, 0.2) is 224 Å². The first-order chi connectivity index (χ1) is 63.5. The smallest absolute Gasteiger partial charge is 0.343 e. The van der Waals surface area contributed by atoms with Gasteiger partial charge in [-0.2, -0.15) is 10.5 Å². The van der Waals surface area contributed by atoms with Crippen LogP contribution in [0.5, 0.6) is 69.0 Å². The van der Waals surface area contributed by atoms with Crippen molar-refractivity contribution in [3.63, 3.8) is 0 Å². The fourth-order valence-corrected chi connectivity index (χ4v) is 23.3. The molecule has 10 aromatic rings. The lowest BCUT2D eigenvalue weighted by atomic mass is 10.1. The van der Waals surface area contributed by atoms with E-state index >= 15 is 0 Å². The first-order valence-electron chi connectivity index (χ1n) is 45.4. The molecule has 0 aliphatic heterocycles. The van der Waals surface area contributed by atoms with Crippen molar-refractivity contribution < 1.29 is 99.3 Å². The average molecular weight is 1810 g/mol. The fraction of sp³-hybridized carbons (Fsp3) is 0.340. The van der Waals surface area contributed by atoms with E-state index in [1.54, 1.807) is 78.9 Å². The molecule has 0 bridgehead atoms. The Morgan fingerprint density at radius 3 is 0.824 bits per heavy atom. The highest BCUT2D eigenvalue weighted by Crippen LogP contribution is 2.34. The van der Waals surface area contributed by atoms with Crippen molar-refractivity contribution in [1.29, 1.82) is 10.5 Å². The summed E-state index contributed by atoms with van der Waals surface area (Å²) in [5.74, 6) is -2.24. The molecule has 25 heteroatoms. The van der Waals surface area contributed by atoms with Crippen LogP contribution < -0.4 is 56.8 Å². The Balaban J connectivity index is 0.577. The van der Waals surface area contributed by atoms with E-state index < -0.39 is 64.4 Å². The minimum absolute atomic E-state index is 0.000865. The van der Waals surface area contributed by atoms with Gasteiger partial charge >= 0.3 is 47.8 Å². The topological polar surface area (TPSA) is 304 Å². The maximum absolute atomic E-state index is 13.8. The third kappa shape index (κ3) is 33.5. The number of hydrogen-bond acceptors (Lipinski definition) is 23. The van der Waals surface area contributed by atoms with Crippen LogP contribution in [-0.2, 0) is 10.5 Å². The van der Waals surface area contributed by atoms with Crippen LogP contribution in [0.2, 0.25) is 38.3 Å². The molecule has 684 valence electrons.